The lowest BCUT2D eigenvalue weighted by Crippen LogP contribution is -2.17. The van der Waals surface area contributed by atoms with Crippen LogP contribution in [0.4, 0.5) is 4.39 Å². The van der Waals surface area contributed by atoms with Crippen LogP contribution in [0.2, 0.25) is 0 Å². The minimum Gasteiger partial charge on any atom is -0.350 e. The third kappa shape index (κ3) is 3.20. The van der Waals surface area contributed by atoms with Gasteiger partial charge < -0.3 is 10.3 Å². The molecule has 2 aromatic rings. The molecular formula is C15H19FN2. The van der Waals surface area contributed by atoms with Crippen molar-refractivity contribution in [1.29, 1.82) is 0 Å². The average Bonchev–Trinajstić information content (AvgIpc) is 2.69. The topological polar surface area (TPSA) is 30.9 Å². The van der Waals surface area contributed by atoms with Gasteiger partial charge in [-0.05, 0) is 55.2 Å². The van der Waals surface area contributed by atoms with Gasteiger partial charge in [-0.1, -0.05) is 6.07 Å². The van der Waals surface area contributed by atoms with Crippen molar-refractivity contribution in [1.82, 2.24) is 4.57 Å². The predicted molar refractivity (Wildman–Crippen MR) is 72.0 cm³/mol. The summed E-state index contributed by atoms with van der Waals surface area (Å²) in [6, 6.07) is 7.18. The van der Waals surface area contributed by atoms with E-state index >= 15 is 0 Å². The van der Waals surface area contributed by atoms with Crippen molar-refractivity contribution >= 4 is 0 Å². The monoisotopic (exact) mass is 246 g/mol. The number of hydrogen-bond donors (Lipinski definition) is 1. The Kier molecular flexibility index (Phi) is 3.82. The summed E-state index contributed by atoms with van der Waals surface area (Å²) in [6.45, 7) is 4.71. The molecule has 1 unspecified atom stereocenters. The SMILES string of the molecule is Cc1cc(F)ccc1Cn1ccc(CC(C)N)c1. The Morgan fingerprint density at radius 2 is 2.11 bits per heavy atom. The van der Waals surface area contributed by atoms with Crippen LogP contribution in [0.25, 0.3) is 0 Å². The highest BCUT2D eigenvalue weighted by Crippen LogP contribution is 2.13. The second-order valence-corrected chi connectivity index (χ2v) is 4.94. The number of aromatic nitrogens is 1. The van der Waals surface area contributed by atoms with Crippen molar-refractivity contribution in [2.75, 3.05) is 0 Å². The van der Waals surface area contributed by atoms with Gasteiger partial charge in [0.1, 0.15) is 5.82 Å². The van der Waals surface area contributed by atoms with Crippen molar-refractivity contribution in [3.63, 3.8) is 0 Å². The summed E-state index contributed by atoms with van der Waals surface area (Å²) in [4.78, 5) is 0. The fraction of sp³-hybridized carbons (Fsp3) is 0.333. The maximum atomic E-state index is 13.0. The van der Waals surface area contributed by atoms with Gasteiger partial charge in [0.2, 0.25) is 0 Å². The van der Waals surface area contributed by atoms with Crippen molar-refractivity contribution in [3.05, 3.63) is 59.2 Å². The Labute approximate surface area is 107 Å². The highest BCUT2D eigenvalue weighted by molar-refractivity contribution is 5.27. The first kappa shape index (κ1) is 12.8. The van der Waals surface area contributed by atoms with Crippen LogP contribution in [0.5, 0.6) is 0 Å². The molecule has 0 saturated carbocycles. The minimum absolute atomic E-state index is 0.174. The van der Waals surface area contributed by atoms with Gasteiger partial charge in [0.25, 0.3) is 0 Å². The normalized spacial score (nSPS) is 12.7. The molecule has 0 aliphatic heterocycles. The molecule has 18 heavy (non-hydrogen) atoms. The van der Waals surface area contributed by atoms with Crippen LogP contribution >= 0.6 is 0 Å². The fourth-order valence-electron chi connectivity index (χ4n) is 2.11. The Bertz CT molecular complexity index is 529. The van der Waals surface area contributed by atoms with Gasteiger partial charge in [0.05, 0.1) is 0 Å². The van der Waals surface area contributed by atoms with E-state index in [1.165, 1.54) is 11.6 Å². The van der Waals surface area contributed by atoms with E-state index in [1.54, 1.807) is 6.07 Å². The zero-order chi connectivity index (χ0) is 13.1. The number of halogens is 1. The molecule has 0 bridgehead atoms. The Balaban J connectivity index is 2.11. The quantitative estimate of drug-likeness (QED) is 0.883. The van der Waals surface area contributed by atoms with Gasteiger partial charge in [-0.2, -0.15) is 0 Å². The number of hydrogen-bond acceptors (Lipinski definition) is 1. The first-order valence-corrected chi connectivity index (χ1v) is 6.20. The molecule has 1 atom stereocenters. The molecule has 0 radical (unpaired) electrons. The molecule has 0 saturated heterocycles. The van der Waals surface area contributed by atoms with Crippen LogP contribution < -0.4 is 5.73 Å². The van der Waals surface area contributed by atoms with Gasteiger partial charge in [-0.25, -0.2) is 4.39 Å². The van der Waals surface area contributed by atoms with Crippen molar-refractivity contribution in [2.24, 2.45) is 5.73 Å². The number of aryl methyl sites for hydroxylation is 1. The van der Waals surface area contributed by atoms with E-state index in [1.807, 2.05) is 26.1 Å². The summed E-state index contributed by atoms with van der Waals surface area (Å²) >= 11 is 0. The van der Waals surface area contributed by atoms with Gasteiger partial charge >= 0.3 is 0 Å². The highest BCUT2D eigenvalue weighted by atomic mass is 19.1. The van der Waals surface area contributed by atoms with Crippen LogP contribution in [0.1, 0.15) is 23.6 Å². The minimum atomic E-state index is -0.179. The predicted octanol–water partition coefficient (Wildman–Crippen LogP) is 2.87. The van der Waals surface area contributed by atoms with E-state index in [0.717, 1.165) is 24.1 Å². The van der Waals surface area contributed by atoms with E-state index in [9.17, 15) is 4.39 Å². The van der Waals surface area contributed by atoms with Gasteiger partial charge in [0.15, 0.2) is 0 Å². The van der Waals surface area contributed by atoms with Crippen LogP contribution in [0, 0.1) is 12.7 Å². The molecule has 1 heterocycles. The highest BCUT2D eigenvalue weighted by Gasteiger charge is 2.03. The van der Waals surface area contributed by atoms with Crippen molar-refractivity contribution < 1.29 is 4.39 Å². The number of benzene rings is 1. The molecule has 2 rings (SSSR count). The van der Waals surface area contributed by atoms with Gasteiger partial charge in [0, 0.05) is 25.0 Å². The fourth-order valence-corrected chi connectivity index (χ4v) is 2.11. The summed E-state index contributed by atoms with van der Waals surface area (Å²) in [5, 5.41) is 0. The van der Waals surface area contributed by atoms with Crippen LogP contribution in [0.3, 0.4) is 0 Å². The summed E-state index contributed by atoms with van der Waals surface area (Å²) in [7, 11) is 0. The molecule has 1 aromatic carbocycles. The lowest BCUT2D eigenvalue weighted by Gasteiger charge is -2.07. The maximum Gasteiger partial charge on any atom is 0.123 e. The maximum absolute atomic E-state index is 13.0. The van der Waals surface area contributed by atoms with Crippen LogP contribution in [0.15, 0.2) is 36.7 Å². The summed E-state index contributed by atoms with van der Waals surface area (Å²) in [5.74, 6) is -0.179. The smallest absolute Gasteiger partial charge is 0.123 e. The van der Waals surface area contributed by atoms with E-state index in [4.69, 9.17) is 5.73 Å². The summed E-state index contributed by atoms with van der Waals surface area (Å²) < 4.78 is 15.1. The molecule has 3 heteroatoms. The Morgan fingerprint density at radius 1 is 1.33 bits per heavy atom. The molecule has 2 N–H and O–H groups in total. The third-order valence-corrected chi connectivity index (χ3v) is 3.03. The molecular weight excluding hydrogens is 227 g/mol. The first-order valence-electron chi connectivity index (χ1n) is 6.20. The standard InChI is InChI=1S/C15H19FN2/c1-11-7-15(16)4-3-14(11)10-18-6-5-13(9-18)8-12(2)17/h3-7,9,12H,8,10,17H2,1-2H3. The first-order chi connectivity index (χ1) is 8.54. The Hall–Kier alpha value is -1.61. The summed E-state index contributed by atoms with van der Waals surface area (Å²) in [6.07, 6.45) is 5.03. The number of nitrogens with two attached hydrogens (primary N) is 1. The molecule has 0 fully saturated rings. The van der Waals surface area contributed by atoms with Crippen LogP contribution in [-0.2, 0) is 13.0 Å². The van der Waals surface area contributed by atoms with E-state index < -0.39 is 0 Å². The lowest BCUT2D eigenvalue weighted by atomic mass is 10.1. The zero-order valence-electron chi connectivity index (χ0n) is 10.9. The zero-order valence-corrected chi connectivity index (χ0v) is 10.9. The van der Waals surface area contributed by atoms with Gasteiger partial charge in [-0.15, -0.1) is 0 Å². The average molecular weight is 246 g/mol. The molecule has 0 aliphatic carbocycles. The largest absolute Gasteiger partial charge is 0.350 e. The van der Waals surface area contributed by atoms with Gasteiger partial charge in [-0.3, -0.25) is 0 Å². The molecule has 0 spiro atoms. The molecule has 0 aliphatic rings. The molecule has 2 nitrogen and oxygen atoms in total. The van der Waals surface area contributed by atoms with E-state index in [0.29, 0.717) is 0 Å². The number of rotatable bonds is 4. The van der Waals surface area contributed by atoms with Crippen molar-refractivity contribution in [2.45, 2.75) is 32.9 Å². The number of nitrogens with zero attached hydrogens (tertiary/aromatic N) is 1. The van der Waals surface area contributed by atoms with Crippen molar-refractivity contribution in [3.8, 4) is 0 Å². The lowest BCUT2D eigenvalue weighted by molar-refractivity contribution is 0.624. The molecule has 96 valence electrons. The molecule has 1 aromatic heterocycles. The Morgan fingerprint density at radius 3 is 2.78 bits per heavy atom. The third-order valence-electron chi connectivity index (χ3n) is 3.03. The second-order valence-electron chi connectivity index (χ2n) is 4.94. The van der Waals surface area contributed by atoms with E-state index in [2.05, 4.69) is 16.8 Å². The second kappa shape index (κ2) is 5.36. The summed E-state index contributed by atoms with van der Waals surface area (Å²) in [5.41, 5.74) is 9.14. The molecule has 0 amide bonds. The van der Waals surface area contributed by atoms with Crippen LogP contribution in [-0.4, -0.2) is 10.6 Å². The van der Waals surface area contributed by atoms with E-state index in [-0.39, 0.29) is 11.9 Å².